The average Bonchev–Trinajstić information content (AvgIpc) is 2.85. The van der Waals surface area contributed by atoms with Crippen molar-refractivity contribution in [2.24, 2.45) is 0 Å². The predicted octanol–water partition coefficient (Wildman–Crippen LogP) is 2.16. The lowest BCUT2D eigenvalue weighted by Gasteiger charge is -2.29. The van der Waals surface area contributed by atoms with Crippen LogP contribution >= 0.6 is 0 Å². The molecule has 0 aromatic heterocycles. The molecule has 1 unspecified atom stereocenters. The third-order valence-electron chi connectivity index (χ3n) is 4.49. The van der Waals surface area contributed by atoms with Crippen molar-refractivity contribution in [3.8, 4) is 0 Å². The van der Waals surface area contributed by atoms with E-state index < -0.39 is 5.97 Å². The lowest BCUT2D eigenvalue weighted by atomic mass is 10.0. The highest BCUT2D eigenvalue weighted by atomic mass is 16.4. The van der Waals surface area contributed by atoms with Crippen LogP contribution in [0.1, 0.15) is 30.7 Å². The van der Waals surface area contributed by atoms with Crippen molar-refractivity contribution in [3.05, 3.63) is 29.8 Å². The molecule has 0 saturated carbocycles. The van der Waals surface area contributed by atoms with E-state index in [0.717, 1.165) is 24.3 Å². The number of anilines is 1. The number of hydrogen-bond acceptors (Lipinski definition) is 3. The van der Waals surface area contributed by atoms with Gasteiger partial charge in [0.1, 0.15) is 5.92 Å². The molecule has 1 atom stereocenters. The van der Waals surface area contributed by atoms with Gasteiger partial charge in [-0.2, -0.15) is 0 Å². The van der Waals surface area contributed by atoms with Crippen LogP contribution in [-0.4, -0.2) is 48.7 Å². The number of piperidine rings is 1. The largest absolute Gasteiger partial charge is 0.481 e. The van der Waals surface area contributed by atoms with Gasteiger partial charge in [-0.1, -0.05) is 24.6 Å². The van der Waals surface area contributed by atoms with E-state index in [1.807, 2.05) is 18.2 Å². The van der Waals surface area contributed by atoms with E-state index in [1.54, 1.807) is 0 Å². The third kappa shape index (κ3) is 2.66. The second-order valence-corrected chi connectivity index (χ2v) is 5.80. The summed E-state index contributed by atoms with van der Waals surface area (Å²) in [6.45, 7) is 4.97. The Morgan fingerprint density at radius 1 is 1.15 bits per heavy atom. The second kappa shape index (κ2) is 5.83. The minimum atomic E-state index is -0.710. The molecular formula is C16H22N2O2. The van der Waals surface area contributed by atoms with Crippen LogP contribution in [0.4, 0.5) is 5.69 Å². The zero-order valence-corrected chi connectivity index (χ0v) is 11.8. The Labute approximate surface area is 120 Å². The molecule has 1 fully saturated rings. The first-order valence-corrected chi connectivity index (χ1v) is 7.55. The second-order valence-electron chi connectivity index (χ2n) is 5.80. The SMILES string of the molecule is O=C(O)C1CN(CCN2CCCCC2)c2ccccc21. The Bertz CT molecular complexity index is 483. The number of aliphatic carboxylic acids is 1. The van der Waals surface area contributed by atoms with Crippen molar-refractivity contribution in [1.82, 2.24) is 4.90 Å². The smallest absolute Gasteiger partial charge is 0.312 e. The number of rotatable bonds is 4. The van der Waals surface area contributed by atoms with Gasteiger partial charge in [0.15, 0.2) is 0 Å². The van der Waals surface area contributed by atoms with E-state index in [-0.39, 0.29) is 5.92 Å². The lowest BCUT2D eigenvalue weighted by Crippen LogP contribution is -2.37. The van der Waals surface area contributed by atoms with E-state index in [0.29, 0.717) is 6.54 Å². The van der Waals surface area contributed by atoms with Gasteiger partial charge in [0, 0.05) is 25.3 Å². The molecule has 3 rings (SSSR count). The standard InChI is InChI=1S/C16H22N2O2/c19-16(20)14-12-18(15-7-3-2-6-13(14)15)11-10-17-8-4-1-5-9-17/h2-3,6-7,14H,1,4-5,8-12H2,(H,19,20). The molecule has 0 radical (unpaired) electrons. The van der Waals surface area contributed by atoms with Gasteiger partial charge in [0.05, 0.1) is 0 Å². The van der Waals surface area contributed by atoms with Gasteiger partial charge in [-0.25, -0.2) is 0 Å². The molecular weight excluding hydrogens is 252 g/mol. The Kier molecular flexibility index (Phi) is 3.92. The summed E-state index contributed by atoms with van der Waals surface area (Å²) in [6, 6.07) is 7.93. The molecule has 0 aliphatic carbocycles. The number of benzene rings is 1. The third-order valence-corrected chi connectivity index (χ3v) is 4.49. The highest BCUT2D eigenvalue weighted by Gasteiger charge is 2.33. The van der Waals surface area contributed by atoms with Crippen LogP contribution in [0.15, 0.2) is 24.3 Å². The predicted molar refractivity (Wildman–Crippen MR) is 79.3 cm³/mol. The molecule has 4 heteroatoms. The first-order valence-electron chi connectivity index (χ1n) is 7.55. The van der Waals surface area contributed by atoms with Crippen LogP contribution in [-0.2, 0) is 4.79 Å². The molecule has 0 bridgehead atoms. The number of carbonyl (C=O) groups is 1. The fraction of sp³-hybridized carbons (Fsp3) is 0.562. The summed E-state index contributed by atoms with van der Waals surface area (Å²) in [5.74, 6) is -1.08. The van der Waals surface area contributed by atoms with Crippen molar-refractivity contribution in [2.45, 2.75) is 25.2 Å². The first kappa shape index (κ1) is 13.4. The summed E-state index contributed by atoms with van der Waals surface area (Å²) >= 11 is 0. The van der Waals surface area contributed by atoms with Crippen molar-refractivity contribution in [1.29, 1.82) is 0 Å². The van der Waals surface area contributed by atoms with Gasteiger partial charge in [-0.05, 0) is 37.6 Å². The van der Waals surface area contributed by atoms with Crippen molar-refractivity contribution >= 4 is 11.7 Å². The lowest BCUT2D eigenvalue weighted by molar-refractivity contribution is -0.138. The van der Waals surface area contributed by atoms with Crippen molar-refractivity contribution < 1.29 is 9.90 Å². The number of carboxylic acid groups (broad SMARTS) is 1. The summed E-state index contributed by atoms with van der Waals surface area (Å²) in [7, 11) is 0. The molecule has 2 aliphatic rings. The Morgan fingerprint density at radius 2 is 1.90 bits per heavy atom. The summed E-state index contributed by atoms with van der Waals surface area (Å²) < 4.78 is 0. The Balaban J connectivity index is 1.67. The summed E-state index contributed by atoms with van der Waals surface area (Å²) in [5, 5.41) is 9.36. The Hall–Kier alpha value is -1.55. The minimum absolute atomic E-state index is 0.368. The number of fused-ring (bicyclic) bond motifs is 1. The average molecular weight is 274 g/mol. The van der Waals surface area contributed by atoms with Gasteiger partial charge in [-0.15, -0.1) is 0 Å². The quantitative estimate of drug-likeness (QED) is 0.914. The highest BCUT2D eigenvalue weighted by Crippen LogP contribution is 2.35. The Morgan fingerprint density at radius 3 is 2.65 bits per heavy atom. The number of likely N-dealkylation sites (tertiary alicyclic amines) is 1. The maximum Gasteiger partial charge on any atom is 0.312 e. The normalized spacial score (nSPS) is 22.8. The number of hydrogen-bond donors (Lipinski definition) is 1. The van der Waals surface area contributed by atoms with Gasteiger partial charge in [0.25, 0.3) is 0 Å². The van der Waals surface area contributed by atoms with Crippen LogP contribution in [0.2, 0.25) is 0 Å². The van der Waals surface area contributed by atoms with Crippen LogP contribution in [0.5, 0.6) is 0 Å². The fourth-order valence-electron chi connectivity index (χ4n) is 3.36. The summed E-state index contributed by atoms with van der Waals surface area (Å²) in [4.78, 5) is 16.1. The van der Waals surface area contributed by atoms with Crippen molar-refractivity contribution in [2.75, 3.05) is 37.6 Å². The van der Waals surface area contributed by atoms with Gasteiger partial charge in [-0.3, -0.25) is 4.79 Å². The van der Waals surface area contributed by atoms with E-state index in [2.05, 4.69) is 15.9 Å². The molecule has 1 N–H and O–H groups in total. The van der Waals surface area contributed by atoms with E-state index in [9.17, 15) is 9.90 Å². The minimum Gasteiger partial charge on any atom is -0.481 e. The highest BCUT2D eigenvalue weighted by molar-refractivity contribution is 5.82. The zero-order chi connectivity index (χ0) is 13.9. The van der Waals surface area contributed by atoms with Crippen molar-refractivity contribution in [3.63, 3.8) is 0 Å². The van der Waals surface area contributed by atoms with E-state index >= 15 is 0 Å². The van der Waals surface area contributed by atoms with Crippen LogP contribution in [0.3, 0.4) is 0 Å². The van der Waals surface area contributed by atoms with Gasteiger partial charge < -0.3 is 14.9 Å². The van der Waals surface area contributed by atoms with Gasteiger partial charge >= 0.3 is 5.97 Å². The van der Waals surface area contributed by atoms with E-state index in [4.69, 9.17) is 0 Å². The molecule has 1 saturated heterocycles. The maximum atomic E-state index is 11.4. The fourth-order valence-corrected chi connectivity index (χ4v) is 3.36. The van der Waals surface area contributed by atoms with E-state index in [1.165, 1.54) is 32.4 Å². The summed E-state index contributed by atoms with van der Waals surface area (Å²) in [5.41, 5.74) is 2.08. The molecule has 2 aliphatic heterocycles. The maximum absolute atomic E-state index is 11.4. The van der Waals surface area contributed by atoms with Crippen LogP contribution in [0, 0.1) is 0 Å². The number of para-hydroxylation sites is 1. The monoisotopic (exact) mass is 274 g/mol. The van der Waals surface area contributed by atoms with Crippen LogP contribution < -0.4 is 4.90 Å². The van der Waals surface area contributed by atoms with Gasteiger partial charge in [0.2, 0.25) is 0 Å². The molecule has 0 amide bonds. The first-order chi connectivity index (χ1) is 9.75. The molecule has 108 valence electrons. The van der Waals surface area contributed by atoms with Crippen LogP contribution in [0.25, 0.3) is 0 Å². The summed E-state index contributed by atoms with van der Waals surface area (Å²) in [6.07, 6.45) is 3.95. The number of nitrogens with zero attached hydrogens (tertiary/aromatic N) is 2. The molecule has 1 aromatic carbocycles. The zero-order valence-electron chi connectivity index (χ0n) is 11.8. The molecule has 20 heavy (non-hydrogen) atoms. The molecule has 0 spiro atoms. The topological polar surface area (TPSA) is 43.8 Å². The molecule has 2 heterocycles. The molecule has 1 aromatic rings. The number of carboxylic acids is 1. The molecule has 4 nitrogen and oxygen atoms in total.